The number of hydrogen-bond donors (Lipinski definition) is 0. The van der Waals surface area contributed by atoms with Crippen molar-refractivity contribution >= 4 is 23.0 Å². The second-order valence-corrected chi connectivity index (χ2v) is 9.01. The normalized spacial score (nSPS) is 14.5. The molecule has 0 unspecified atom stereocenters. The summed E-state index contributed by atoms with van der Waals surface area (Å²) in [6, 6.07) is 18.5. The lowest BCUT2D eigenvalue weighted by molar-refractivity contribution is -0.160. The molecule has 3 rings (SSSR count). The summed E-state index contributed by atoms with van der Waals surface area (Å²) in [5.41, 5.74) is -1.40. The summed E-state index contributed by atoms with van der Waals surface area (Å²) in [5.74, 6) is -0.540. The molecular weight excluding hydrogens is 415 g/mol. The number of ether oxygens (including phenoxy) is 1. The summed E-state index contributed by atoms with van der Waals surface area (Å²) in [7, 11) is 0. The number of benzene rings is 3. The van der Waals surface area contributed by atoms with Crippen LogP contribution in [0.5, 0.6) is 0 Å². The van der Waals surface area contributed by atoms with Crippen LogP contribution in [0.15, 0.2) is 71.7 Å². The monoisotopic (exact) mass is 441 g/mol. The molecule has 3 aromatic rings. The molecule has 1 atom stereocenters. The van der Waals surface area contributed by atoms with Gasteiger partial charge >= 0.3 is 12.1 Å². The highest BCUT2D eigenvalue weighted by Gasteiger charge is 2.37. The van der Waals surface area contributed by atoms with Gasteiger partial charge in [0.25, 0.3) is 0 Å². The zero-order valence-electron chi connectivity index (χ0n) is 18.5. The quantitative estimate of drug-likeness (QED) is 0.330. The van der Waals surface area contributed by atoms with Crippen LogP contribution < -0.4 is 0 Å². The minimum absolute atomic E-state index is 0.101. The van der Waals surface area contributed by atoms with Gasteiger partial charge in [0.05, 0.1) is 5.56 Å². The number of halogens is 3. The van der Waals surface area contributed by atoms with Crippen molar-refractivity contribution in [2.75, 3.05) is 0 Å². The smallest absolute Gasteiger partial charge is 0.416 e. The van der Waals surface area contributed by atoms with E-state index in [9.17, 15) is 18.0 Å². The van der Waals surface area contributed by atoms with Crippen LogP contribution in [0.25, 0.3) is 10.8 Å². The maximum Gasteiger partial charge on any atom is 0.416 e. The summed E-state index contributed by atoms with van der Waals surface area (Å²) in [6.07, 6.45) is -2.70. The van der Waals surface area contributed by atoms with E-state index in [2.05, 4.69) is 4.99 Å². The van der Waals surface area contributed by atoms with Gasteiger partial charge in [0.1, 0.15) is 5.60 Å². The molecule has 0 bridgehead atoms. The Morgan fingerprint density at radius 3 is 2.12 bits per heavy atom. The molecular formula is C26H26F3NO2. The predicted molar refractivity (Wildman–Crippen MR) is 121 cm³/mol. The first-order valence-corrected chi connectivity index (χ1v) is 10.3. The van der Waals surface area contributed by atoms with Gasteiger partial charge in [-0.05, 0) is 67.8 Å². The van der Waals surface area contributed by atoms with Gasteiger partial charge in [-0.3, -0.25) is 4.99 Å². The number of carbonyl (C=O) groups is 1. The van der Waals surface area contributed by atoms with E-state index in [-0.39, 0.29) is 6.42 Å². The zero-order valence-corrected chi connectivity index (χ0v) is 18.5. The second kappa shape index (κ2) is 8.77. The third-order valence-corrected chi connectivity index (χ3v) is 4.94. The van der Waals surface area contributed by atoms with Gasteiger partial charge in [-0.25, -0.2) is 4.79 Å². The molecule has 0 spiro atoms. The lowest BCUT2D eigenvalue weighted by Crippen LogP contribution is -2.41. The van der Waals surface area contributed by atoms with Gasteiger partial charge in [0, 0.05) is 12.6 Å². The van der Waals surface area contributed by atoms with Crippen molar-refractivity contribution in [3.05, 3.63) is 83.4 Å². The largest absolute Gasteiger partial charge is 0.458 e. The minimum atomic E-state index is -4.42. The third-order valence-electron chi connectivity index (χ3n) is 4.94. The average molecular weight is 441 g/mol. The molecule has 0 amide bonds. The summed E-state index contributed by atoms with van der Waals surface area (Å²) < 4.78 is 44.3. The number of alkyl halides is 3. The van der Waals surface area contributed by atoms with Gasteiger partial charge in [0.2, 0.25) is 0 Å². The Morgan fingerprint density at radius 2 is 1.53 bits per heavy atom. The summed E-state index contributed by atoms with van der Waals surface area (Å²) in [5, 5.41) is 2.13. The standard InChI is InChI=1S/C26H26F3NO2/c1-24(2,3)32-23(31)25(4,16-18-10-13-22(14-11-18)26(27,28)29)30-17-19-9-12-20-7-5-6-8-21(20)15-19/h5-15,17H,16H2,1-4H3/t25-/m0/s1. The highest BCUT2D eigenvalue weighted by atomic mass is 19.4. The van der Waals surface area contributed by atoms with Crippen molar-refractivity contribution in [1.29, 1.82) is 0 Å². The van der Waals surface area contributed by atoms with Crippen molar-refractivity contribution in [2.45, 2.75) is 51.4 Å². The Bertz CT molecular complexity index is 1130. The molecule has 168 valence electrons. The average Bonchev–Trinajstić information content (AvgIpc) is 2.70. The number of aliphatic imine (C=N–C) groups is 1. The molecule has 0 aromatic heterocycles. The zero-order chi connectivity index (χ0) is 23.6. The number of carbonyl (C=O) groups excluding carboxylic acids is 1. The number of nitrogens with zero attached hydrogens (tertiary/aromatic N) is 1. The van der Waals surface area contributed by atoms with Crippen LogP contribution in [0.3, 0.4) is 0 Å². The Hall–Kier alpha value is -3.15. The molecule has 0 fully saturated rings. The van der Waals surface area contributed by atoms with Crippen LogP contribution in [-0.2, 0) is 22.1 Å². The second-order valence-electron chi connectivity index (χ2n) is 9.01. The Labute approximate surface area is 185 Å². The highest BCUT2D eigenvalue weighted by Crippen LogP contribution is 2.30. The number of esters is 1. The molecule has 0 N–H and O–H groups in total. The molecule has 0 saturated carbocycles. The third kappa shape index (κ3) is 5.96. The molecule has 0 aliphatic rings. The van der Waals surface area contributed by atoms with E-state index in [0.29, 0.717) is 5.56 Å². The fraction of sp³-hybridized carbons (Fsp3) is 0.308. The molecule has 0 radical (unpaired) electrons. The van der Waals surface area contributed by atoms with Gasteiger partial charge in [-0.2, -0.15) is 13.2 Å². The predicted octanol–water partition coefficient (Wildman–Crippen LogP) is 6.62. The SMILES string of the molecule is CC(C)(C)OC(=O)[C@](C)(Cc1ccc(C(F)(F)F)cc1)N=Cc1ccc2ccccc2c1. The first kappa shape index (κ1) is 23.5. The molecule has 6 heteroatoms. The molecule has 0 aliphatic carbocycles. The van der Waals surface area contributed by atoms with Gasteiger partial charge in [-0.15, -0.1) is 0 Å². The van der Waals surface area contributed by atoms with Gasteiger partial charge in [-0.1, -0.05) is 48.5 Å². The van der Waals surface area contributed by atoms with Gasteiger partial charge < -0.3 is 4.74 Å². The van der Waals surface area contributed by atoms with Crippen LogP contribution >= 0.6 is 0 Å². The summed E-state index contributed by atoms with van der Waals surface area (Å²) >= 11 is 0. The van der Waals surface area contributed by atoms with Crippen LogP contribution in [0.1, 0.15) is 44.4 Å². The molecule has 32 heavy (non-hydrogen) atoms. The van der Waals surface area contributed by atoms with Crippen molar-refractivity contribution in [2.24, 2.45) is 4.99 Å². The summed E-state index contributed by atoms with van der Waals surface area (Å²) in [6.45, 7) is 6.92. The minimum Gasteiger partial charge on any atom is -0.458 e. The van der Waals surface area contributed by atoms with E-state index >= 15 is 0 Å². The van der Waals surface area contributed by atoms with Crippen molar-refractivity contribution in [1.82, 2.24) is 0 Å². The molecule has 0 heterocycles. The Kier molecular flexibility index (Phi) is 6.44. The van der Waals surface area contributed by atoms with Crippen molar-refractivity contribution in [3.8, 4) is 0 Å². The lowest BCUT2D eigenvalue weighted by Gasteiger charge is -2.29. The van der Waals surface area contributed by atoms with Crippen LogP contribution in [0, 0.1) is 0 Å². The number of rotatable bonds is 5. The lowest BCUT2D eigenvalue weighted by atomic mass is 9.92. The van der Waals surface area contributed by atoms with E-state index in [1.165, 1.54) is 12.1 Å². The maximum absolute atomic E-state index is 13.0. The first-order valence-electron chi connectivity index (χ1n) is 10.3. The Balaban J connectivity index is 1.92. The van der Waals surface area contributed by atoms with Gasteiger partial charge in [0.15, 0.2) is 5.54 Å². The van der Waals surface area contributed by atoms with Crippen molar-refractivity contribution in [3.63, 3.8) is 0 Å². The topological polar surface area (TPSA) is 38.7 Å². The van der Waals surface area contributed by atoms with E-state index in [1.54, 1.807) is 33.9 Å². The van der Waals surface area contributed by atoms with Crippen molar-refractivity contribution < 1.29 is 22.7 Å². The maximum atomic E-state index is 13.0. The highest BCUT2D eigenvalue weighted by molar-refractivity contribution is 5.92. The van der Waals surface area contributed by atoms with Crippen LogP contribution in [0.2, 0.25) is 0 Å². The van der Waals surface area contributed by atoms with E-state index in [4.69, 9.17) is 4.74 Å². The van der Waals surface area contributed by atoms with E-state index in [0.717, 1.165) is 28.5 Å². The van der Waals surface area contributed by atoms with E-state index in [1.807, 2.05) is 42.5 Å². The fourth-order valence-electron chi connectivity index (χ4n) is 3.27. The number of hydrogen-bond acceptors (Lipinski definition) is 3. The molecule has 3 nitrogen and oxygen atoms in total. The summed E-state index contributed by atoms with van der Waals surface area (Å²) in [4.78, 5) is 17.6. The fourth-order valence-corrected chi connectivity index (χ4v) is 3.27. The molecule has 0 aliphatic heterocycles. The molecule has 0 saturated heterocycles. The number of fused-ring (bicyclic) bond motifs is 1. The van der Waals surface area contributed by atoms with Crippen LogP contribution in [0.4, 0.5) is 13.2 Å². The molecule has 3 aromatic carbocycles. The van der Waals surface area contributed by atoms with Crippen LogP contribution in [-0.4, -0.2) is 23.3 Å². The van der Waals surface area contributed by atoms with E-state index < -0.39 is 28.8 Å². The first-order chi connectivity index (χ1) is 14.9. The Morgan fingerprint density at radius 1 is 0.906 bits per heavy atom.